The number of amides is 3. The Bertz CT molecular complexity index is 1070. The van der Waals surface area contributed by atoms with Crippen molar-refractivity contribution in [1.29, 1.82) is 0 Å². The predicted octanol–water partition coefficient (Wildman–Crippen LogP) is 4.69. The molecule has 0 aliphatic heterocycles. The lowest BCUT2D eigenvalue weighted by molar-refractivity contribution is -0.146. The van der Waals surface area contributed by atoms with Crippen LogP contribution in [0.15, 0.2) is 24.4 Å². The van der Waals surface area contributed by atoms with Crippen molar-refractivity contribution in [3.8, 4) is 0 Å². The van der Waals surface area contributed by atoms with Crippen LogP contribution in [-0.4, -0.2) is 45.7 Å². The predicted molar refractivity (Wildman–Crippen MR) is 132 cm³/mol. The lowest BCUT2D eigenvalue weighted by atomic mass is 10.1. The van der Waals surface area contributed by atoms with Crippen LogP contribution < -0.4 is 16.0 Å². The molecule has 34 heavy (non-hydrogen) atoms. The third-order valence-corrected chi connectivity index (χ3v) is 5.00. The number of aryl methyl sites for hydroxylation is 3. The molecule has 0 spiro atoms. The number of hydrogen-bond acceptors (Lipinski definition) is 5. The number of aliphatic carboxylic acids is 1. The molecule has 2 aromatic rings. The molecule has 1 unspecified atom stereocenters. The molecule has 184 valence electrons. The summed E-state index contributed by atoms with van der Waals surface area (Å²) in [6, 6.07) is 3.30. The number of nitrogens with one attached hydrogen (secondary N) is 3. The molecule has 0 aliphatic carbocycles. The minimum Gasteiger partial charge on any atom is -0.480 e. The van der Waals surface area contributed by atoms with Crippen molar-refractivity contribution in [2.45, 2.75) is 66.2 Å². The fourth-order valence-electron chi connectivity index (χ4n) is 3.57. The van der Waals surface area contributed by atoms with Gasteiger partial charge in [-0.25, -0.2) is 14.6 Å². The number of halogens is 1. The number of hydrogen-bond donors (Lipinski definition) is 4. The van der Waals surface area contributed by atoms with Gasteiger partial charge in [-0.15, -0.1) is 0 Å². The summed E-state index contributed by atoms with van der Waals surface area (Å²) in [4.78, 5) is 41.5. The second-order valence-corrected chi connectivity index (χ2v) is 9.56. The van der Waals surface area contributed by atoms with E-state index in [4.69, 9.17) is 16.3 Å². The first kappa shape index (κ1) is 27.1. The van der Waals surface area contributed by atoms with Gasteiger partial charge < -0.3 is 25.8 Å². The van der Waals surface area contributed by atoms with Crippen molar-refractivity contribution in [2.24, 2.45) is 0 Å². The smallest absolute Gasteiger partial charge is 0.328 e. The highest BCUT2D eigenvalue weighted by Crippen LogP contribution is 2.24. The zero-order chi connectivity index (χ0) is 25.8. The van der Waals surface area contributed by atoms with E-state index in [-0.39, 0.29) is 16.4 Å². The molecular formula is C24H31ClN4O5. The number of nitrogens with zero attached hydrogens (tertiary/aromatic N) is 1. The summed E-state index contributed by atoms with van der Waals surface area (Å²) in [5.41, 5.74) is 2.69. The van der Waals surface area contributed by atoms with Gasteiger partial charge in [-0.1, -0.05) is 29.3 Å². The van der Waals surface area contributed by atoms with Gasteiger partial charge >= 0.3 is 12.0 Å². The molecule has 1 aromatic heterocycles. The monoisotopic (exact) mass is 490 g/mol. The van der Waals surface area contributed by atoms with Gasteiger partial charge in [-0.3, -0.25) is 4.79 Å². The van der Waals surface area contributed by atoms with Gasteiger partial charge in [0.25, 0.3) is 5.91 Å². The van der Waals surface area contributed by atoms with Crippen molar-refractivity contribution in [1.82, 2.24) is 10.3 Å². The molecule has 1 heterocycles. The van der Waals surface area contributed by atoms with Gasteiger partial charge in [0, 0.05) is 11.9 Å². The van der Waals surface area contributed by atoms with E-state index in [0.29, 0.717) is 5.69 Å². The Kier molecular flexibility index (Phi) is 8.63. The van der Waals surface area contributed by atoms with Crippen LogP contribution in [0.25, 0.3) is 0 Å². The zero-order valence-corrected chi connectivity index (χ0v) is 21.1. The Morgan fingerprint density at radius 2 is 1.65 bits per heavy atom. The maximum absolute atomic E-state index is 12.9. The zero-order valence-electron chi connectivity index (χ0n) is 20.4. The first-order valence-electron chi connectivity index (χ1n) is 10.7. The van der Waals surface area contributed by atoms with Crippen molar-refractivity contribution < 1.29 is 24.2 Å². The van der Waals surface area contributed by atoms with E-state index in [0.717, 1.165) is 16.7 Å². The van der Waals surface area contributed by atoms with Crippen molar-refractivity contribution in [2.75, 3.05) is 10.6 Å². The van der Waals surface area contributed by atoms with E-state index < -0.39 is 35.7 Å². The molecule has 2 rings (SSSR count). The highest BCUT2D eigenvalue weighted by molar-refractivity contribution is 6.31. The molecule has 0 bridgehead atoms. The van der Waals surface area contributed by atoms with Gasteiger partial charge in [0.15, 0.2) is 11.7 Å². The average Bonchev–Trinajstić information content (AvgIpc) is 2.67. The molecule has 2 atom stereocenters. The number of pyridine rings is 1. The third kappa shape index (κ3) is 7.43. The summed E-state index contributed by atoms with van der Waals surface area (Å²) < 4.78 is 5.69. The van der Waals surface area contributed by atoms with Crippen molar-refractivity contribution in [3.05, 3.63) is 51.8 Å². The lowest BCUT2D eigenvalue weighted by Crippen LogP contribution is -2.50. The molecule has 0 radical (unpaired) electrons. The Balaban J connectivity index is 2.26. The maximum Gasteiger partial charge on any atom is 0.328 e. The fraction of sp³-hybridized carbons (Fsp3) is 0.417. The second-order valence-electron chi connectivity index (χ2n) is 9.13. The van der Waals surface area contributed by atoms with E-state index in [1.54, 1.807) is 27.7 Å². The largest absolute Gasteiger partial charge is 0.480 e. The van der Waals surface area contributed by atoms with Crippen LogP contribution >= 0.6 is 11.6 Å². The molecule has 10 heteroatoms. The first-order chi connectivity index (χ1) is 15.7. The average molecular weight is 491 g/mol. The Morgan fingerprint density at radius 1 is 1.06 bits per heavy atom. The van der Waals surface area contributed by atoms with Gasteiger partial charge in [0.05, 0.1) is 22.4 Å². The van der Waals surface area contributed by atoms with E-state index in [1.165, 1.54) is 12.3 Å². The van der Waals surface area contributed by atoms with Crippen LogP contribution in [0, 0.1) is 20.8 Å². The maximum atomic E-state index is 12.9. The summed E-state index contributed by atoms with van der Waals surface area (Å²) in [7, 11) is 0. The van der Waals surface area contributed by atoms with E-state index in [2.05, 4.69) is 20.9 Å². The first-order valence-corrected chi connectivity index (χ1v) is 11.1. The van der Waals surface area contributed by atoms with E-state index in [9.17, 15) is 19.5 Å². The molecule has 9 nitrogen and oxygen atoms in total. The molecule has 0 fully saturated rings. The molecule has 0 saturated heterocycles. The van der Waals surface area contributed by atoms with Crippen molar-refractivity contribution in [3.63, 3.8) is 0 Å². The topological polar surface area (TPSA) is 130 Å². The summed E-state index contributed by atoms with van der Waals surface area (Å²) >= 11 is 6.03. The molecule has 1 aromatic carbocycles. The van der Waals surface area contributed by atoms with Crippen LogP contribution in [0.1, 0.15) is 54.9 Å². The number of rotatable bonds is 7. The number of urea groups is 1. The quantitative estimate of drug-likeness (QED) is 0.445. The molecule has 4 N–H and O–H groups in total. The van der Waals surface area contributed by atoms with E-state index >= 15 is 0 Å². The number of carbonyl (C=O) groups is 3. The Labute approximate surface area is 204 Å². The standard InChI is InChI=1S/C24H31ClN4O5/c1-12-8-13(2)18(14(3)9-12)29-23(33)27-17-10-16(25)11-26-20(17)21(30)28-19(22(31)32)15(4)34-24(5,6)7/h8-11,15,19H,1-7H3,(H,28,30)(H,31,32)(H2,27,29,33)/t15?,19-/m0/s1. The molecule has 0 aliphatic rings. The Hall–Kier alpha value is -3.17. The summed E-state index contributed by atoms with van der Waals surface area (Å²) in [5, 5.41) is 17.6. The number of ether oxygens (including phenoxy) is 1. The van der Waals surface area contributed by atoms with Gasteiger partial charge in [-0.2, -0.15) is 0 Å². The van der Waals surface area contributed by atoms with Crippen LogP contribution in [-0.2, 0) is 9.53 Å². The summed E-state index contributed by atoms with van der Waals surface area (Å²) in [5.74, 6) is -2.07. The SMILES string of the molecule is Cc1cc(C)c(NC(=O)Nc2cc(Cl)cnc2C(=O)N[C@H](C(=O)O)C(C)OC(C)(C)C)c(C)c1. The number of carboxylic acids is 1. The van der Waals surface area contributed by atoms with Crippen LogP contribution in [0.4, 0.5) is 16.2 Å². The van der Waals surface area contributed by atoms with Crippen LogP contribution in [0.2, 0.25) is 5.02 Å². The van der Waals surface area contributed by atoms with Crippen LogP contribution in [0.3, 0.4) is 0 Å². The second kappa shape index (κ2) is 10.8. The minimum absolute atomic E-state index is 0.0263. The molecule has 3 amide bonds. The van der Waals surface area contributed by atoms with Gasteiger partial charge in [-0.05, 0) is 65.7 Å². The lowest BCUT2D eigenvalue weighted by Gasteiger charge is -2.29. The number of benzene rings is 1. The van der Waals surface area contributed by atoms with Gasteiger partial charge in [0.2, 0.25) is 0 Å². The third-order valence-electron chi connectivity index (χ3n) is 4.79. The van der Waals surface area contributed by atoms with Crippen LogP contribution in [0.5, 0.6) is 0 Å². The molecular weight excluding hydrogens is 460 g/mol. The Morgan fingerprint density at radius 3 is 2.18 bits per heavy atom. The number of anilines is 2. The number of carbonyl (C=O) groups excluding carboxylic acids is 2. The van der Waals surface area contributed by atoms with E-state index in [1.807, 2.05) is 32.9 Å². The minimum atomic E-state index is -1.34. The highest BCUT2D eigenvalue weighted by Gasteiger charge is 2.31. The summed E-state index contributed by atoms with van der Waals surface area (Å²) in [6.07, 6.45) is 0.402. The fourth-order valence-corrected chi connectivity index (χ4v) is 3.73. The summed E-state index contributed by atoms with van der Waals surface area (Å²) in [6.45, 7) is 12.6. The van der Waals surface area contributed by atoms with Crippen molar-refractivity contribution >= 4 is 40.9 Å². The molecule has 0 saturated carbocycles. The van der Waals surface area contributed by atoms with Gasteiger partial charge in [0.1, 0.15) is 0 Å². The number of aromatic nitrogens is 1. The normalized spacial score (nSPS) is 13.1. The number of carboxylic acid groups (broad SMARTS) is 1. The highest BCUT2D eigenvalue weighted by atomic mass is 35.5.